The van der Waals surface area contributed by atoms with Crippen molar-refractivity contribution in [3.63, 3.8) is 0 Å². The molecular formula is C6H8F3NO3. The Hall–Kier alpha value is -0.820. The first-order valence-electron chi connectivity index (χ1n) is 3.56. The van der Waals surface area contributed by atoms with E-state index in [9.17, 15) is 18.0 Å². The molecule has 0 aromatic carbocycles. The molecular weight excluding hydrogens is 191 g/mol. The van der Waals surface area contributed by atoms with Crippen molar-refractivity contribution in [1.29, 1.82) is 0 Å². The monoisotopic (exact) mass is 199 g/mol. The first-order valence-corrected chi connectivity index (χ1v) is 3.56. The van der Waals surface area contributed by atoms with Gasteiger partial charge in [0.1, 0.15) is 0 Å². The summed E-state index contributed by atoms with van der Waals surface area (Å²) in [5, 5.41) is 9.68. The molecule has 13 heavy (non-hydrogen) atoms. The van der Waals surface area contributed by atoms with Gasteiger partial charge in [0.15, 0.2) is 0 Å². The van der Waals surface area contributed by atoms with Crippen molar-refractivity contribution in [2.24, 2.45) is 0 Å². The molecule has 76 valence electrons. The Morgan fingerprint density at radius 2 is 2.15 bits per heavy atom. The second-order valence-corrected chi connectivity index (χ2v) is 2.78. The SMILES string of the molecule is CC1C(O)CN1OC(=O)C(F)(F)F. The molecule has 0 bridgehead atoms. The van der Waals surface area contributed by atoms with E-state index >= 15 is 0 Å². The van der Waals surface area contributed by atoms with Gasteiger partial charge in [0.05, 0.1) is 18.7 Å². The highest BCUT2D eigenvalue weighted by Gasteiger charge is 2.46. The zero-order chi connectivity index (χ0) is 10.2. The van der Waals surface area contributed by atoms with Crippen LogP contribution in [-0.2, 0) is 9.63 Å². The molecule has 0 saturated carbocycles. The molecule has 0 aliphatic carbocycles. The molecule has 0 spiro atoms. The van der Waals surface area contributed by atoms with E-state index in [-0.39, 0.29) is 6.54 Å². The second-order valence-electron chi connectivity index (χ2n) is 2.78. The van der Waals surface area contributed by atoms with Crippen LogP contribution in [0.2, 0.25) is 0 Å². The van der Waals surface area contributed by atoms with Gasteiger partial charge in [-0.3, -0.25) is 0 Å². The third kappa shape index (κ3) is 2.10. The van der Waals surface area contributed by atoms with Gasteiger partial charge in [-0.15, -0.1) is 5.06 Å². The van der Waals surface area contributed by atoms with Crippen molar-refractivity contribution >= 4 is 5.97 Å². The molecule has 0 radical (unpaired) electrons. The van der Waals surface area contributed by atoms with Crippen molar-refractivity contribution in [3.05, 3.63) is 0 Å². The highest BCUT2D eigenvalue weighted by Crippen LogP contribution is 2.22. The fourth-order valence-electron chi connectivity index (χ4n) is 0.836. The van der Waals surface area contributed by atoms with E-state index in [1.54, 1.807) is 0 Å². The first kappa shape index (κ1) is 10.3. The summed E-state index contributed by atoms with van der Waals surface area (Å²) in [6.07, 6.45) is -5.72. The predicted molar refractivity (Wildman–Crippen MR) is 34.3 cm³/mol. The normalized spacial score (nSPS) is 29.6. The van der Waals surface area contributed by atoms with Crippen molar-refractivity contribution in [3.8, 4) is 0 Å². The first-order chi connectivity index (χ1) is 5.82. The van der Waals surface area contributed by atoms with Crippen LogP contribution in [0.1, 0.15) is 6.92 Å². The minimum atomic E-state index is -4.99. The summed E-state index contributed by atoms with van der Waals surface area (Å²) >= 11 is 0. The van der Waals surface area contributed by atoms with E-state index < -0.39 is 24.3 Å². The lowest BCUT2D eigenvalue weighted by molar-refractivity contribution is -0.282. The van der Waals surface area contributed by atoms with Crippen molar-refractivity contribution in [1.82, 2.24) is 5.06 Å². The van der Waals surface area contributed by atoms with Crippen LogP contribution in [0.4, 0.5) is 13.2 Å². The Morgan fingerprint density at radius 1 is 1.62 bits per heavy atom. The Labute approximate surface area is 71.8 Å². The molecule has 1 aliphatic heterocycles. The van der Waals surface area contributed by atoms with E-state index in [2.05, 4.69) is 4.84 Å². The Balaban J connectivity index is 2.39. The summed E-state index contributed by atoms with van der Waals surface area (Å²) in [6.45, 7) is 1.38. The molecule has 2 unspecified atom stereocenters. The molecule has 7 heteroatoms. The summed E-state index contributed by atoms with van der Waals surface area (Å²) in [6, 6.07) is -0.577. The van der Waals surface area contributed by atoms with Gasteiger partial charge in [-0.2, -0.15) is 13.2 Å². The lowest BCUT2D eigenvalue weighted by atomic mass is 10.1. The van der Waals surface area contributed by atoms with Crippen molar-refractivity contribution < 1.29 is 27.9 Å². The fourth-order valence-corrected chi connectivity index (χ4v) is 0.836. The van der Waals surface area contributed by atoms with Gasteiger partial charge in [-0.05, 0) is 6.92 Å². The minimum absolute atomic E-state index is 0.0804. The smallest absolute Gasteiger partial charge is 0.390 e. The van der Waals surface area contributed by atoms with E-state index in [1.807, 2.05) is 0 Å². The highest BCUT2D eigenvalue weighted by atomic mass is 19.4. The molecule has 0 amide bonds. The number of hydrogen-bond donors (Lipinski definition) is 1. The molecule has 4 nitrogen and oxygen atoms in total. The number of nitrogens with zero attached hydrogens (tertiary/aromatic N) is 1. The van der Waals surface area contributed by atoms with Gasteiger partial charge in [-0.1, -0.05) is 0 Å². The van der Waals surface area contributed by atoms with Gasteiger partial charge in [-0.25, -0.2) is 4.79 Å². The maximum Gasteiger partial charge on any atom is 0.492 e. The molecule has 1 rings (SSSR count). The average molecular weight is 199 g/mol. The number of rotatable bonds is 1. The standard InChI is InChI=1S/C6H8F3NO3/c1-3-4(11)2-10(3)13-5(12)6(7,8)9/h3-4,11H,2H2,1H3. The number of halogens is 3. The Morgan fingerprint density at radius 3 is 2.46 bits per heavy atom. The number of alkyl halides is 3. The van der Waals surface area contributed by atoms with Crippen LogP contribution < -0.4 is 0 Å². The van der Waals surface area contributed by atoms with Crippen LogP contribution in [0.5, 0.6) is 0 Å². The van der Waals surface area contributed by atoms with E-state index in [4.69, 9.17) is 5.11 Å². The fraction of sp³-hybridized carbons (Fsp3) is 0.833. The number of carbonyl (C=O) groups is 1. The van der Waals surface area contributed by atoms with Crippen LogP contribution in [0, 0.1) is 0 Å². The minimum Gasteiger partial charge on any atom is -0.390 e. The Kier molecular flexibility index (Phi) is 2.49. The second kappa shape index (κ2) is 3.15. The molecule has 1 fully saturated rings. The summed E-state index contributed by atoms with van der Waals surface area (Å²) in [7, 11) is 0. The number of aliphatic hydroxyl groups excluding tert-OH is 1. The zero-order valence-electron chi connectivity index (χ0n) is 6.71. The van der Waals surface area contributed by atoms with Crippen LogP contribution in [0.3, 0.4) is 0 Å². The van der Waals surface area contributed by atoms with Crippen LogP contribution in [-0.4, -0.2) is 41.0 Å². The molecule has 2 atom stereocenters. The summed E-state index contributed by atoms with van der Waals surface area (Å²) in [5.74, 6) is -2.26. The topological polar surface area (TPSA) is 49.8 Å². The van der Waals surface area contributed by atoms with Gasteiger partial charge in [0, 0.05) is 0 Å². The van der Waals surface area contributed by atoms with Gasteiger partial charge >= 0.3 is 12.1 Å². The molecule has 1 aliphatic rings. The van der Waals surface area contributed by atoms with Gasteiger partial charge in [0.25, 0.3) is 0 Å². The Bertz CT molecular complexity index is 218. The van der Waals surface area contributed by atoms with E-state index in [0.717, 1.165) is 5.06 Å². The number of hydrogen-bond acceptors (Lipinski definition) is 4. The largest absolute Gasteiger partial charge is 0.492 e. The summed E-state index contributed by atoms with van der Waals surface area (Å²) in [4.78, 5) is 14.2. The lowest BCUT2D eigenvalue weighted by Gasteiger charge is -2.40. The van der Waals surface area contributed by atoms with Crippen molar-refractivity contribution in [2.45, 2.75) is 25.2 Å². The van der Waals surface area contributed by atoms with Gasteiger partial charge in [0.2, 0.25) is 0 Å². The molecule has 1 heterocycles. The van der Waals surface area contributed by atoms with Crippen LogP contribution in [0.15, 0.2) is 0 Å². The average Bonchev–Trinajstić information content (AvgIpc) is 2.01. The van der Waals surface area contributed by atoms with E-state index in [1.165, 1.54) is 6.92 Å². The molecule has 0 aromatic heterocycles. The molecule has 1 saturated heterocycles. The van der Waals surface area contributed by atoms with Crippen molar-refractivity contribution in [2.75, 3.05) is 6.54 Å². The maximum atomic E-state index is 11.6. The molecule has 0 aromatic rings. The third-order valence-corrected chi connectivity index (χ3v) is 1.81. The predicted octanol–water partition coefficient (Wildman–Crippen LogP) is 0.0719. The summed E-state index contributed by atoms with van der Waals surface area (Å²) < 4.78 is 34.9. The van der Waals surface area contributed by atoms with Crippen LogP contribution in [0.25, 0.3) is 0 Å². The number of carbonyl (C=O) groups excluding carboxylic acids is 1. The number of β-amino-alcohol motifs (C(OH)–C–C–N with tert-alkyl or cyclic N) is 1. The lowest BCUT2D eigenvalue weighted by Crippen LogP contribution is -2.59. The number of aliphatic hydroxyl groups is 1. The summed E-state index contributed by atoms with van der Waals surface area (Å²) in [5.41, 5.74) is 0. The third-order valence-electron chi connectivity index (χ3n) is 1.81. The van der Waals surface area contributed by atoms with E-state index in [0.29, 0.717) is 0 Å². The van der Waals surface area contributed by atoms with Gasteiger partial charge < -0.3 is 9.94 Å². The highest BCUT2D eigenvalue weighted by molar-refractivity contribution is 5.75. The van der Waals surface area contributed by atoms with Crippen LogP contribution >= 0.6 is 0 Å². The zero-order valence-corrected chi connectivity index (χ0v) is 6.71. The number of hydroxylamine groups is 2. The molecule has 1 N–H and O–H groups in total. The quantitative estimate of drug-likeness (QED) is 0.649. The maximum absolute atomic E-state index is 11.6.